The molecular weight excluding hydrogens is 737 g/mol. The number of methoxy groups -OCH3 is 1. The standard InChI is InChI=1S/C42H45F2N7O4S/c1-4-8-29-25-28(27-17-21-50(22-18-27)23-24-56(3,53)54)12-14-34(29)46-42-45-19-16-35(47-42)40-38(48-37-11-5-6-20-51(37)40)30-13-15-36(55-2)31(26-30)41(52)49-39-32(43)9-7-10-33(39)44/h5-7,9-16,19-20,25-27,38,40H,4,8,17-18,21-24H2,1-3H3,(H,49,52)(H,45,46,47). The number of nitrogens with one attached hydrogen (secondary N) is 2. The molecule has 3 aromatic carbocycles. The number of amidine groups is 1. The highest BCUT2D eigenvalue weighted by Crippen LogP contribution is 2.44. The molecule has 2 N–H and O–H groups in total. The molecule has 2 atom stereocenters. The summed E-state index contributed by atoms with van der Waals surface area (Å²) >= 11 is 0. The van der Waals surface area contributed by atoms with E-state index in [1.54, 1.807) is 18.3 Å². The number of aryl methyl sites for hydroxylation is 1. The minimum Gasteiger partial charge on any atom is -0.496 e. The predicted octanol–water partition coefficient (Wildman–Crippen LogP) is 7.52. The van der Waals surface area contributed by atoms with E-state index in [-0.39, 0.29) is 17.1 Å². The minimum atomic E-state index is -2.99. The number of aromatic nitrogens is 2. The molecule has 3 aliphatic heterocycles. The number of allylic oxidation sites excluding steroid dienone is 2. The molecule has 0 spiro atoms. The Balaban J connectivity index is 1.13. The summed E-state index contributed by atoms with van der Waals surface area (Å²) in [7, 11) is -1.56. The molecule has 7 rings (SSSR count). The molecule has 0 aliphatic carbocycles. The van der Waals surface area contributed by atoms with Crippen LogP contribution in [-0.2, 0) is 16.3 Å². The van der Waals surface area contributed by atoms with Crippen molar-refractivity contribution in [3.63, 3.8) is 0 Å². The first kappa shape index (κ1) is 38.8. The van der Waals surface area contributed by atoms with Crippen LogP contribution in [0.2, 0.25) is 0 Å². The van der Waals surface area contributed by atoms with E-state index < -0.39 is 45.1 Å². The highest BCUT2D eigenvalue weighted by Gasteiger charge is 2.39. The molecule has 56 heavy (non-hydrogen) atoms. The normalized spacial score (nSPS) is 18.4. The number of fused-ring (bicyclic) bond motifs is 1. The van der Waals surface area contributed by atoms with Gasteiger partial charge in [-0.05, 0) is 104 Å². The predicted molar refractivity (Wildman–Crippen MR) is 214 cm³/mol. The Morgan fingerprint density at radius 3 is 2.50 bits per heavy atom. The first-order valence-corrected chi connectivity index (χ1v) is 20.8. The van der Waals surface area contributed by atoms with Gasteiger partial charge in [0.15, 0.2) is 0 Å². The van der Waals surface area contributed by atoms with Crippen molar-refractivity contribution in [1.29, 1.82) is 0 Å². The summed E-state index contributed by atoms with van der Waals surface area (Å²) in [5.74, 6) is -0.544. The lowest BCUT2D eigenvalue weighted by Crippen LogP contribution is -2.36. The fourth-order valence-corrected chi connectivity index (χ4v) is 8.16. The van der Waals surface area contributed by atoms with E-state index in [0.717, 1.165) is 56.6 Å². The van der Waals surface area contributed by atoms with Gasteiger partial charge in [0, 0.05) is 30.9 Å². The van der Waals surface area contributed by atoms with Crippen LogP contribution in [0.4, 0.5) is 26.1 Å². The van der Waals surface area contributed by atoms with Crippen molar-refractivity contribution in [2.24, 2.45) is 4.99 Å². The minimum absolute atomic E-state index is 0.0944. The largest absolute Gasteiger partial charge is 0.496 e. The number of anilines is 3. The number of carbonyl (C=O) groups is 1. The number of piperidine rings is 1. The summed E-state index contributed by atoms with van der Waals surface area (Å²) in [6, 6.07) is 16.0. The van der Waals surface area contributed by atoms with Gasteiger partial charge in [-0.3, -0.25) is 9.79 Å². The quantitative estimate of drug-likeness (QED) is 0.142. The number of amides is 1. The van der Waals surface area contributed by atoms with Crippen molar-refractivity contribution in [1.82, 2.24) is 19.8 Å². The zero-order valence-electron chi connectivity index (χ0n) is 31.6. The molecule has 3 aliphatic rings. The van der Waals surface area contributed by atoms with Gasteiger partial charge in [-0.25, -0.2) is 27.2 Å². The van der Waals surface area contributed by atoms with Gasteiger partial charge in [-0.15, -0.1) is 0 Å². The molecule has 0 saturated carbocycles. The van der Waals surface area contributed by atoms with Gasteiger partial charge in [0.05, 0.1) is 24.1 Å². The van der Waals surface area contributed by atoms with Gasteiger partial charge >= 0.3 is 0 Å². The van der Waals surface area contributed by atoms with E-state index in [2.05, 4.69) is 45.6 Å². The lowest BCUT2D eigenvalue weighted by atomic mass is 9.87. The van der Waals surface area contributed by atoms with E-state index >= 15 is 0 Å². The Labute approximate surface area is 326 Å². The second kappa shape index (κ2) is 16.7. The molecule has 0 radical (unpaired) electrons. The summed E-state index contributed by atoms with van der Waals surface area (Å²) in [5, 5.41) is 5.85. The Morgan fingerprint density at radius 2 is 1.77 bits per heavy atom. The molecular formula is C42H45F2N7O4S. The lowest BCUT2D eigenvalue weighted by molar-refractivity contribution is 0.102. The lowest BCUT2D eigenvalue weighted by Gasteiger charge is -2.32. The number of hydrogen-bond acceptors (Lipinski definition) is 10. The van der Waals surface area contributed by atoms with E-state index in [0.29, 0.717) is 35.5 Å². The molecule has 1 amide bonds. The van der Waals surface area contributed by atoms with Gasteiger partial charge in [-0.1, -0.05) is 43.7 Å². The summed E-state index contributed by atoms with van der Waals surface area (Å²) in [5.41, 5.74) is 4.30. The zero-order chi connectivity index (χ0) is 39.4. The smallest absolute Gasteiger partial charge is 0.259 e. The SMILES string of the molecule is CCCc1cc(C2CCN(CCS(C)(=O)=O)CC2)ccc1Nc1nccc(C2C(c3ccc(OC)c(C(=O)Nc4c(F)cccc4F)c3)N=C3C=CC=CN32)n1. The van der Waals surface area contributed by atoms with E-state index in [1.165, 1.54) is 30.6 Å². The third-order valence-corrected chi connectivity index (χ3v) is 11.4. The van der Waals surface area contributed by atoms with Crippen molar-refractivity contribution < 1.29 is 26.7 Å². The summed E-state index contributed by atoms with van der Waals surface area (Å²) in [6.45, 7) is 4.47. The topological polar surface area (TPSA) is 129 Å². The highest BCUT2D eigenvalue weighted by molar-refractivity contribution is 7.90. The maximum Gasteiger partial charge on any atom is 0.259 e. The Kier molecular flexibility index (Phi) is 11.6. The Hall–Kier alpha value is -5.47. The molecule has 2 unspecified atom stereocenters. The highest BCUT2D eigenvalue weighted by atomic mass is 32.2. The molecule has 1 fully saturated rings. The number of benzene rings is 3. The number of ether oxygens (including phenoxy) is 1. The number of rotatable bonds is 13. The van der Waals surface area contributed by atoms with E-state index in [4.69, 9.17) is 14.7 Å². The van der Waals surface area contributed by atoms with Crippen molar-refractivity contribution in [3.8, 4) is 5.75 Å². The molecule has 292 valence electrons. The second-order valence-corrected chi connectivity index (χ2v) is 16.6. The monoisotopic (exact) mass is 781 g/mol. The number of para-hydroxylation sites is 1. The zero-order valence-corrected chi connectivity index (χ0v) is 32.4. The van der Waals surface area contributed by atoms with Crippen molar-refractivity contribution in [2.45, 2.75) is 50.6 Å². The summed E-state index contributed by atoms with van der Waals surface area (Å²) in [4.78, 5) is 32.4. The third-order valence-electron chi connectivity index (χ3n) is 10.5. The van der Waals surface area contributed by atoms with E-state index in [9.17, 15) is 22.0 Å². The van der Waals surface area contributed by atoms with Crippen LogP contribution in [0.25, 0.3) is 0 Å². The van der Waals surface area contributed by atoms with Gasteiger partial charge in [0.2, 0.25) is 5.95 Å². The van der Waals surface area contributed by atoms with E-state index in [1.807, 2.05) is 41.5 Å². The first-order valence-electron chi connectivity index (χ1n) is 18.8. The van der Waals surface area contributed by atoms with Crippen molar-refractivity contribution >= 4 is 38.9 Å². The fourth-order valence-electron chi connectivity index (χ4n) is 7.57. The molecule has 14 heteroatoms. The van der Waals surface area contributed by atoms with Gasteiger partial charge in [0.25, 0.3) is 5.91 Å². The van der Waals surface area contributed by atoms with Crippen LogP contribution >= 0.6 is 0 Å². The Bertz CT molecular complexity index is 2290. The average Bonchev–Trinajstić information content (AvgIpc) is 3.59. The first-order chi connectivity index (χ1) is 27.0. The molecule has 1 saturated heterocycles. The van der Waals surface area contributed by atoms with Crippen LogP contribution in [0.1, 0.15) is 76.9 Å². The number of halogens is 2. The molecule has 1 aromatic heterocycles. The maximum absolute atomic E-state index is 14.5. The van der Waals surface area contributed by atoms with Crippen LogP contribution in [0, 0.1) is 11.6 Å². The van der Waals surface area contributed by atoms with Gasteiger partial charge in [-0.2, -0.15) is 0 Å². The third kappa shape index (κ3) is 8.66. The number of sulfone groups is 1. The summed E-state index contributed by atoms with van der Waals surface area (Å²) in [6.07, 6.45) is 14.4. The van der Waals surface area contributed by atoms with Crippen LogP contribution in [0.15, 0.2) is 96.3 Å². The maximum atomic E-state index is 14.5. The van der Waals surface area contributed by atoms with Crippen LogP contribution in [0.3, 0.4) is 0 Å². The Morgan fingerprint density at radius 1 is 1.00 bits per heavy atom. The summed E-state index contributed by atoms with van der Waals surface area (Å²) < 4.78 is 57.8. The number of nitrogens with zero attached hydrogens (tertiary/aromatic N) is 5. The van der Waals surface area contributed by atoms with Crippen LogP contribution in [0.5, 0.6) is 5.75 Å². The van der Waals surface area contributed by atoms with Crippen molar-refractivity contribution in [2.75, 3.05) is 49.4 Å². The number of hydrogen-bond donors (Lipinski definition) is 2. The number of likely N-dealkylation sites (tertiary alicyclic amines) is 1. The molecule has 4 heterocycles. The average molecular weight is 782 g/mol. The second-order valence-electron chi connectivity index (χ2n) is 14.3. The molecule has 11 nitrogen and oxygen atoms in total. The molecule has 4 aromatic rings. The molecule has 0 bridgehead atoms. The number of carbonyl (C=O) groups excluding carboxylic acids is 1. The number of aliphatic imine (C=N–C) groups is 1. The van der Waals surface area contributed by atoms with Crippen molar-refractivity contribution in [3.05, 3.63) is 131 Å². The van der Waals surface area contributed by atoms with Gasteiger partial charge < -0.3 is 25.2 Å². The van der Waals surface area contributed by atoms with Gasteiger partial charge in [0.1, 0.15) is 50.8 Å². The van der Waals surface area contributed by atoms with Crippen LogP contribution in [-0.4, -0.2) is 78.7 Å². The van der Waals surface area contributed by atoms with Crippen LogP contribution < -0.4 is 15.4 Å². The fraction of sp³-hybridized carbons (Fsp3) is 0.333.